The number of epoxide rings is 1. The van der Waals surface area contributed by atoms with Crippen molar-refractivity contribution < 1.29 is 52.2 Å². The van der Waals surface area contributed by atoms with E-state index in [0.717, 1.165) is 50.5 Å². The normalized spacial score (nSPS) is 48.8. The van der Waals surface area contributed by atoms with Crippen LogP contribution in [0.5, 0.6) is 0 Å². The Balaban J connectivity index is 1.11. The Morgan fingerprint density at radius 2 is 1.55 bits per heavy atom. The first-order valence-corrected chi connectivity index (χ1v) is 20.4. The molecule has 12 nitrogen and oxygen atoms in total. The second kappa shape index (κ2) is 16.5. The van der Waals surface area contributed by atoms with Gasteiger partial charge >= 0.3 is 5.97 Å². The number of methoxy groups -OCH3 is 3. The predicted octanol–water partition coefficient (Wildman–Crippen LogP) is 4.70. The maximum absolute atomic E-state index is 14.8. The van der Waals surface area contributed by atoms with Gasteiger partial charge in [0.05, 0.1) is 43.0 Å². The van der Waals surface area contributed by atoms with E-state index in [9.17, 15) is 9.59 Å². The van der Waals surface area contributed by atoms with Crippen LogP contribution < -0.4 is 0 Å². The molecular weight excluding hydrogens is 682 g/mol. The maximum atomic E-state index is 14.8. The summed E-state index contributed by atoms with van der Waals surface area (Å²) in [6.07, 6.45) is 6.20. The lowest BCUT2D eigenvalue weighted by Gasteiger charge is -2.44. The number of cyclic esters (lactones) is 1. The summed E-state index contributed by atoms with van der Waals surface area (Å²) in [5.41, 5.74) is 0.758. The number of fused-ring (bicyclic) bond motifs is 8. The number of hydrogen-bond donors (Lipinski definition) is 0. The van der Waals surface area contributed by atoms with E-state index in [2.05, 4.69) is 38.9 Å². The first-order chi connectivity index (χ1) is 25.5. The van der Waals surface area contributed by atoms with Gasteiger partial charge in [-0.25, -0.2) is 0 Å². The van der Waals surface area contributed by atoms with E-state index in [1.165, 1.54) is 0 Å². The number of likely N-dealkylation sites (N-methyl/N-ethyl adjacent to an activating group) is 1. The molecule has 4 aliphatic heterocycles. The minimum Gasteiger partial charge on any atom is -0.462 e. The molecule has 0 N–H and O–H groups in total. The molecule has 4 heterocycles. The van der Waals surface area contributed by atoms with Gasteiger partial charge in [0.1, 0.15) is 24.4 Å². The van der Waals surface area contributed by atoms with E-state index in [0.29, 0.717) is 18.4 Å². The lowest BCUT2D eigenvalue weighted by Crippen LogP contribution is -2.59. The molecule has 6 fully saturated rings. The largest absolute Gasteiger partial charge is 0.462 e. The fourth-order valence-electron chi connectivity index (χ4n) is 11.3. The zero-order valence-corrected chi connectivity index (χ0v) is 33.3. The summed E-state index contributed by atoms with van der Waals surface area (Å²) in [7, 11) is 9.15. The van der Waals surface area contributed by atoms with Gasteiger partial charge in [-0.05, 0) is 103 Å². The smallest absolute Gasteiger partial charge is 0.306 e. The molecule has 2 saturated carbocycles. The molecule has 0 radical (unpaired) electrons. The van der Waals surface area contributed by atoms with Gasteiger partial charge in [0, 0.05) is 45.1 Å². The van der Waals surface area contributed by atoms with Crippen LogP contribution in [0.4, 0.5) is 0 Å². The van der Waals surface area contributed by atoms with Crippen molar-refractivity contribution in [1.29, 1.82) is 0 Å². The molecule has 19 atom stereocenters. The Bertz CT molecular complexity index is 1330. The number of carbonyl (C=O) groups is 2. The predicted molar refractivity (Wildman–Crippen MR) is 194 cm³/mol. The number of ether oxygens (including phenoxy) is 9. The summed E-state index contributed by atoms with van der Waals surface area (Å²) in [4.78, 5) is 30.6. The van der Waals surface area contributed by atoms with E-state index in [1.807, 2.05) is 13.8 Å². The van der Waals surface area contributed by atoms with Gasteiger partial charge in [-0.2, -0.15) is 0 Å². The topological polar surface area (TPSA) is 124 Å². The third-order valence-corrected chi connectivity index (χ3v) is 14.0. The molecule has 300 valence electrons. The Morgan fingerprint density at radius 1 is 0.811 bits per heavy atom. The molecule has 0 amide bonds. The van der Waals surface area contributed by atoms with Crippen LogP contribution in [-0.4, -0.2) is 132 Å². The monoisotopic (exact) mass is 747 g/mol. The van der Waals surface area contributed by atoms with Crippen LogP contribution >= 0.6 is 0 Å². The standard InChI is InChI=1S/C41H65NO11/c1-10-23-12-11-13-31(52-33-15-14-30(42(5)6)21(3)48-33)20(2)35(44)28-18-26-25-16-24(51-41-40(47-9)39(46-8)36(45-7)22(4)49-41)17-29(25)37-38(53-37)34(26)27(28)19-32(43)50-23/h18,20-27,29-31,33-34,36-41H,10-17,19H2,1-9H3/t20-,21-,22+,23+,24+,25+,26+,27-,29-,30+,31?,33+,34-,36+,37+,38-,39-,40-,41+/m1/s1. The van der Waals surface area contributed by atoms with Crippen molar-refractivity contribution in [1.82, 2.24) is 4.90 Å². The summed E-state index contributed by atoms with van der Waals surface area (Å²) in [6, 6.07) is 0.335. The van der Waals surface area contributed by atoms with Crippen LogP contribution in [-0.2, 0) is 52.2 Å². The Morgan fingerprint density at radius 3 is 2.23 bits per heavy atom. The zero-order valence-electron chi connectivity index (χ0n) is 33.3. The Hall–Kier alpha value is -1.48. The van der Waals surface area contributed by atoms with E-state index in [4.69, 9.17) is 42.6 Å². The number of ketones is 1. The molecule has 12 heteroatoms. The number of esters is 1. The van der Waals surface area contributed by atoms with E-state index in [-0.39, 0.29) is 109 Å². The molecule has 3 aliphatic carbocycles. The lowest BCUT2D eigenvalue weighted by atomic mass is 9.66. The van der Waals surface area contributed by atoms with E-state index >= 15 is 0 Å². The molecular formula is C41H65NO11. The van der Waals surface area contributed by atoms with Gasteiger partial charge in [-0.1, -0.05) is 19.9 Å². The maximum Gasteiger partial charge on any atom is 0.306 e. The highest BCUT2D eigenvalue weighted by atomic mass is 16.7. The van der Waals surface area contributed by atoms with Gasteiger partial charge in [0.15, 0.2) is 18.4 Å². The Labute approximate surface area is 316 Å². The number of Topliss-reactive ketones (excluding diaryl/α,β-unsaturated/α-hetero) is 1. The summed E-state index contributed by atoms with van der Waals surface area (Å²) in [6.45, 7) is 8.17. The van der Waals surface area contributed by atoms with Crippen LogP contribution in [0.15, 0.2) is 11.6 Å². The number of allylic oxidation sites excluding steroid dienone is 2. The van der Waals surface area contributed by atoms with Gasteiger partial charge in [-0.3, -0.25) is 9.59 Å². The fourth-order valence-corrected chi connectivity index (χ4v) is 11.3. The average Bonchev–Trinajstić information content (AvgIpc) is 3.67. The Kier molecular flexibility index (Phi) is 12.4. The number of hydrogen-bond acceptors (Lipinski definition) is 12. The molecule has 53 heavy (non-hydrogen) atoms. The summed E-state index contributed by atoms with van der Waals surface area (Å²) < 4.78 is 56.2. The summed E-state index contributed by atoms with van der Waals surface area (Å²) in [5.74, 6) is -0.0628. The van der Waals surface area contributed by atoms with Crippen LogP contribution in [0, 0.1) is 35.5 Å². The van der Waals surface area contributed by atoms with Crippen LogP contribution in [0.1, 0.15) is 85.5 Å². The van der Waals surface area contributed by atoms with Crippen LogP contribution in [0.2, 0.25) is 0 Å². The second-order valence-electron chi connectivity index (χ2n) is 17.2. The van der Waals surface area contributed by atoms with Gasteiger partial charge in [-0.15, -0.1) is 0 Å². The molecule has 0 aromatic carbocycles. The zero-order chi connectivity index (χ0) is 37.7. The van der Waals surface area contributed by atoms with Crippen molar-refractivity contribution in [3.8, 4) is 0 Å². The molecule has 7 rings (SSSR count). The minimum absolute atomic E-state index is 0.0105. The lowest BCUT2D eigenvalue weighted by molar-refractivity contribution is -0.314. The third kappa shape index (κ3) is 7.80. The first-order valence-electron chi connectivity index (χ1n) is 20.4. The van der Waals surface area contributed by atoms with Crippen molar-refractivity contribution in [2.45, 2.75) is 165 Å². The molecule has 7 aliphatic rings. The van der Waals surface area contributed by atoms with Crippen molar-refractivity contribution in [2.24, 2.45) is 35.5 Å². The summed E-state index contributed by atoms with van der Waals surface area (Å²) in [5, 5.41) is 0. The van der Waals surface area contributed by atoms with Crippen molar-refractivity contribution >= 4 is 11.8 Å². The molecule has 4 saturated heterocycles. The number of carbonyl (C=O) groups excluding carboxylic acids is 2. The second-order valence-corrected chi connectivity index (χ2v) is 17.2. The molecule has 0 aromatic rings. The van der Waals surface area contributed by atoms with Crippen LogP contribution in [0.3, 0.4) is 0 Å². The van der Waals surface area contributed by atoms with Gasteiger partial charge in [0.2, 0.25) is 0 Å². The fraction of sp³-hybridized carbons (Fsp3) is 0.902. The molecule has 0 bridgehead atoms. The number of rotatable bonds is 9. The van der Waals surface area contributed by atoms with E-state index < -0.39 is 12.4 Å². The van der Waals surface area contributed by atoms with Crippen molar-refractivity contribution in [2.75, 3.05) is 35.4 Å². The number of nitrogens with zero attached hydrogens (tertiary/aromatic N) is 1. The van der Waals surface area contributed by atoms with Gasteiger partial charge in [0.25, 0.3) is 0 Å². The quantitative estimate of drug-likeness (QED) is 0.240. The molecule has 1 unspecified atom stereocenters. The first kappa shape index (κ1) is 39.7. The van der Waals surface area contributed by atoms with Gasteiger partial charge < -0.3 is 47.5 Å². The highest BCUT2D eigenvalue weighted by Gasteiger charge is 2.66. The minimum atomic E-state index is -0.606. The third-order valence-electron chi connectivity index (χ3n) is 14.0. The van der Waals surface area contributed by atoms with Crippen molar-refractivity contribution in [3.63, 3.8) is 0 Å². The molecule has 0 aromatic heterocycles. The average molecular weight is 748 g/mol. The van der Waals surface area contributed by atoms with Crippen molar-refractivity contribution in [3.05, 3.63) is 11.6 Å². The SMILES string of the molecule is CC[C@H]1CCCC(O[C@H]2CC[C@H](N(C)C)[C@@H](C)O2)[C@@H](C)C(=O)C2=C[C@H]3[C@@H]4C[C@H](O[C@@H]5O[C@@H](C)[C@H](OC)[C@@H](OC)[C@H]5OC)C[C@H]4[C@@H]4O[C@@H]4[C@H]3[C@@H]2CC(=O)O1. The summed E-state index contributed by atoms with van der Waals surface area (Å²) >= 11 is 0. The van der Waals surface area contributed by atoms with E-state index in [1.54, 1.807) is 21.3 Å². The molecule has 0 spiro atoms. The van der Waals surface area contributed by atoms with Crippen LogP contribution in [0.25, 0.3) is 0 Å². The highest BCUT2D eigenvalue weighted by Crippen LogP contribution is 2.63. The highest BCUT2D eigenvalue weighted by molar-refractivity contribution is 5.99.